The van der Waals surface area contributed by atoms with Gasteiger partial charge in [-0.15, -0.1) is 24.0 Å². The van der Waals surface area contributed by atoms with Crippen molar-refractivity contribution in [1.29, 1.82) is 0 Å². The van der Waals surface area contributed by atoms with Crippen molar-refractivity contribution in [2.75, 3.05) is 37.6 Å². The minimum Gasteiger partial charge on any atom is -0.366 e. The van der Waals surface area contributed by atoms with E-state index in [1.54, 1.807) is 0 Å². The zero-order valence-electron chi connectivity index (χ0n) is 17.7. The first kappa shape index (κ1) is 21.9. The van der Waals surface area contributed by atoms with Crippen LogP contribution in [0.2, 0.25) is 0 Å². The largest absolute Gasteiger partial charge is 0.366 e. The lowest BCUT2D eigenvalue weighted by Gasteiger charge is -2.27. The molecular weight excluding hydrogens is 475 g/mol. The maximum Gasteiger partial charge on any atom is 0.194 e. The Morgan fingerprint density at radius 2 is 2.14 bits per heavy atom. The number of aliphatic imine (C=N–C) groups is 1. The van der Waals surface area contributed by atoms with E-state index in [0.29, 0.717) is 12.0 Å². The molecular formula is C22H33IN6. The molecule has 29 heavy (non-hydrogen) atoms. The van der Waals surface area contributed by atoms with Gasteiger partial charge in [-0.3, -0.25) is 9.67 Å². The fourth-order valence-corrected chi connectivity index (χ4v) is 4.44. The number of benzene rings is 1. The van der Waals surface area contributed by atoms with Gasteiger partial charge in [-0.25, -0.2) is 0 Å². The quantitative estimate of drug-likeness (QED) is 0.383. The molecule has 0 amide bonds. The number of likely N-dealkylation sites (tertiary alicyclic amines) is 1. The van der Waals surface area contributed by atoms with Gasteiger partial charge in [0.15, 0.2) is 5.96 Å². The molecule has 1 N–H and O–H groups in total. The van der Waals surface area contributed by atoms with Gasteiger partial charge in [-0.1, -0.05) is 18.2 Å². The molecule has 0 radical (unpaired) electrons. The summed E-state index contributed by atoms with van der Waals surface area (Å²) in [5.41, 5.74) is 4.18. The maximum absolute atomic E-state index is 5.02. The lowest BCUT2D eigenvalue weighted by molar-refractivity contribution is 0.484. The molecule has 0 saturated carbocycles. The van der Waals surface area contributed by atoms with Crippen LogP contribution in [-0.2, 0) is 13.5 Å². The third kappa shape index (κ3) is 4.87. The average Bonchev–Trinajstić information content (AvgIpc) is 3.43. The van der Waals surface area contributed by atoms with Gasteiger partial charge in [0.1, 0.15) is 0 Å². The molecule has 1 saturated heterocycles. The second-order valence-electron chi connectivity index (χ2n) is 7.99. The van der Waals surface area contributed by atoms with Crippen LogP contribution in [-0.4, -0.2) is 59.4 Å². The predicted molar refractivity (Wildman–Crippen MR) is 130 cm³/mol. The Balaban J connectivity index is 0.00000240. The van der Waals surface area contributed by atoms with Crippen LogP contribution in [0.3, 0.4) is 0 Å². The first-order chi connectivity index (χ1) is 13.7. The van der Waals surface area contributed by atoms with Crippen molar-refractivity contribution < 1.29 is 0 Å². The van der Waals surface area contributed by atoms with E-state index in [1.807, 2.05) is 17.9 Å². The summed E-state index contributed by atoms with van der Waals surface area (Å²) < 4.78 is 1.90. The second-order valence-corrected chi connectivity index (χ2v) is 7.99. The van der Waals surface area contributed by atoms with Crippen molar-refractivity contribution in [3.8, 4) is 0 Å². The second kappa shape index (κ2) is 9.82. The van der Waals surface area contributed by atoms with E-state index in [-0.39, 0.29) is 24.0 Å². The third-order valence-corrected chi connectivity index (χ3v) is 5.98. The van der Waals surface area contributed by atoms with Gasteiger partial charge in [0.2, 0.25) is 0 Å². The number of anilines is 1. The number of guanidine groups is 1. The van der Waals surface area contributed by atoms with Crippen LogP contribution in [0.1, 0.15) is 37.3 Å². The van der Waals surface area contributed by atoms with Gasteiger partial charge in [0, 0.05) is 57.1 Å². The molecule has 6 nitrogen and oxygen atoms in total. The Kier molecular flexibility index (Phi) is 7.43. The van der Waals surface area contributed by atoms with E-state index in [0.717, 1.165) is 51.5 Å². The number of hydrogen-bond donors (Lipinski definition) is 1. The van der Waals surface area contributed by atoms with Crippen LogP contribution < -0.4 is 10.2 Å². The van der Waals surface area contributed by atoms with Crippen LogP contribution in [0.15, 0.2) is 41.7 Å². The van der Waals surface area contributed by atoms with Crippen LogP contribution in [0.4, 0.5) is 5.69 Å². The number of nitrogens with zero attached hydrogens (tertiary/aromatic N) is 5. The number of aromatic nitrogens is 2. The lowest BCUT2D eigenvalue weighted by Crippen LogP contribution is -2.41. The van der Waals surface area contributed by atoms with Crippen molar-refractivity contribution in [3.63, 3.8) is 0 Å². The standard InChI is InChI=1S/C22H32N6.HI/c1-4-23-22(27-11-9-19(16-27)20-14-25-26(3)15-20)24-13-17(2)28-12-10-18-7-5-6-8-21(18)28;/h5-8,14-15,17,19H,4,9-13,16H2,1-3H3,(H,23,24);1H. The zero-order chi connectivity index (χ0) is 19.5. The van der Waals surface area contributed by atoms with E-state index < -0.39 is 0 Å². The first-order valence-corrected chi connectivity index (χ1v) is 10.5. The van der Waals surface area contributed by atoms with Crippen LogP contribution in [0.5, 0.6) is 0 Å². The zero-order valence-corrected chi connectivity index (χ0v) is 20.0. The normalized spacial score (nSPS) is 19.8. The van der Waals surface area contributed by atoms with E-state index in [9.17, 15) is 0 Å². The van der Waals surface area contributed by atoms with Crippen LogP contribution in [0.25, 0.3) is 0 Å². The lowest BCUT2D eigenvalue weighted by atomic mass is 10.0. The molecule has 0 spiro atoms. The van der Waals surface area contributed by atoms with Crippen molar-refractivity contribution in [2.24, 2.45) is 12.0 Å². The van der Waals surface area contributed by atoms with Gasteiger partial charge in [-0.2, -0.15) is 5.10 Å². The first-order valence-electron chi connectivity index (χ1n) is 10.5. The third-order valence-electron chi connectivity index (χ3n) is 5.98. The van der Waals surface area contributed by atoms with E-state index in [2.05, 4.69) is 64.5 Å². The van der Waals surface area contributed by atoms with Crippen LogP contribution >= 0.6 is 24.0 Å². The summed E-state index contributed by atoms with van der Waals surface area (Å²) >= 11 is 0. The topological polar surface area (TPSA) is 48.7 Å². The molecule has 1 fully saturated rings. The summed E-state index contributed by atoms with van der Waals surface area (Å²) in [5, 5.41) is 7.84. The number of halogens is 1. The molecule has 2 aromatic rings. The Labute approximate surface area is 191 Å². The SMILES string of the molecule is CCNC(=NCC(C)N1CCc2ccccc21)N1CCC(c2cnn(C)c2)C1.I. The van der Waals surface area contributed by atoms with Gasteiger partial charge in [0.25, 0.3) is 0 Å². The van der Waals surface area contributed by atoms with Gasteiger partial charge in [-0.05, 0) is 43.9 Å². The highest BCUT2D eigenvalue weighted by Crippen LogP contribution is 2.29. The van der Waals surface area contributed by atoms with Crippen molar-refractivity contribution >= 4 is 35.6 Å². The number of nitrogens with one attached hydrogen (secondary N) is 1. The Morgan fingerprint density at radius 1 is 1.31 bits per heavy atom. The van der Waals surface area contributed by atoms with Crippen molar-refractivity contribution in [2.45, 2.75) is 38.6 Å². The number of hydrogen-bond acceptors (Lipinski definition) is 3. The summed E-state index contributed by atoms with van der Waals surface area (Å²) in [5.74, 6) is 1.59. The monoisotopic (exact) mass is 508 g/mol. The molecule has 1 aromatic carbocycles. The average molecular weight is 508 g/mol. The number of aryl methyl sites for hydroxylation is 1. The highest BCUT2D eigenvalue weighted by molar-refractivity contribution is 14.0. The summed E-state index contributed by atoms with van der Waals surface area (Å²) in [6, 6.07) is 9.17. The van der Waals surface area contributed by atoms with Crippen molar-refractivity contribution in [3.05, 3.63) is 47.8 Å². The minimum absolute atomic E-state index is 0. The number of para-hydroxylation sites is 1. The molecule has 158 valence electrons. The molecule has 0 aliphatic carbocycles. The maximum atomic E-state index is 5.02. The fourth-order valence-electron chi connectivity index (χ4n) is 4.44. The summed E-state index contributed by atoms with van der Waals surface area (Å²) in [6.45, 7) is 9.30. The minimum atomic E-state index is 0. The van der Waals surface area contributed by atoms with E-state index in [4.69, 9.17) is 4.99 Å². The fraction of sp³-hybridized carbons (Fsp3) is 0.545. The van der Waals surface area contributed by atoms with Gasteiger partial charge >= 0.3 is 0 Å². The Hall–Kier alpha value is -1.77. The highest BCUT2D eigenvalue weighted by atomic mass is 127. The Bertz CT molecular complexity index is 832. The van der Waals surface area contributed by atoms with E-state index >= 15 is 0 Å². The molecule has 2 aliphatic heterocycles. The van der Waals surface area contributed by atoms with Crippen molar-refractivity contribution in [1.82, 2.24) is 20.0 Å². The highest BCUT2D eigenvalue weighted by Gasteiger charge is 2.27. The number of rotatable bonds is 5. The van der Waals surface area contributed by atoms with Gasteiger partial charge in [0.05, 0.1) is 12.7 Å². The molecule has 0 bridgehead atoms. The summed E-state index contributed by atoms with van der Waals surface area (Å²) in [6.07, 6.45) is 6.45. The predicted octanol–water partition coefficient (Wildman–Crippen LogP) is 3.24. The molecule has 4 rings (SSSR count). The molecule has 2 aliphatic rings. The molecule has 2 unspecified atom stereocenters. The number of fused-ring (bicyclic) bond motifs is 1. The Morgan fingerprint density at radius 3 is 2.90 bits per heavy atom. The molecule has 7 heteroatoms. The molecule has 1 aromatic heterocycles. The summed E-state index contributed by atoms with van der Waals surface area (Å²) in [7, 11) is 1.99. The van der Waals surface area contributed by atoms with E-state index in [1.165, 1.54) is 16.8 Å². The van der Waals surface area contributed by atoms with Crippen LogP contribution in [0, 0.1) is 0 Å². The molecule has 2 atom stereocenters. The summed E-state index contributed by atoms with van der Waals surface area (Å²) in [4.78, 5) is 9.93. The van der Waals surface area contributed by atoms with Gasteiger partial charge < -0.3 is 15.1 Å². The molecule has 3 heterocycles. The smallest absolute Gasteiger partial charge is 0.194 e.